The minimum absolute atomic E-state index is 0.0940. The Bertz CT molecular complexity index is 777. The molecule has 0 unspecified atom stereocenters. The molecule has 0 radical (unpaired) electrons. The normalized spacial score (nSPS) is 11.2. The number of nitrogens with one attached hydrogen (secondary N) is 1. The molecule has 0 saturated heterocycles. The van der Waals surface area contributed by atoms with Crippen molar-refractivity contribution >= 4 is 18.4 Å². The molecule has 1 aromatic heterocycles. The van der Waals surface area contributed by atoms with Crippen molar-refractivity contribution in [3.8, 4) is 5.75 Å². The summed E-state index contributed by atoms with van der Waals surface area (Å²) in [5.74, 6) is 0.748. The average Bonchev–Trinajstić information content (AvgIpc) is 2.43. The van der Waals surface area contributed by atoms with Crippen molar-refractivity contribution in [1.82, 2.24) is 14.9 Å². The first-order valence-electron chi connectivity index (χ1n) is 6.47. The molecule has 0 amide bonds. The maximum absolute atomic E-state index is 11.9. The molecule has 0 atom stereocenters. The molecular formula is C14H16N4O2S. The average molecular weight is 304 g/mol. The molecule has 0 aliphatic rings. The maximum atomic E-state index is 11.9. The zero-order valence-corrected chi connectivity index (χ0v) is 12.8. The number of ether oxygens (including phenoxy) is 1. The third kappa shape index (κ3) is 3.85. The van der Waals surface area contributed by atoms with Crippen LogP contribution in [0.4, 0.5) is 0 Å². The van der Waals surface area contributed by atoms with E-state index in [0.717, 1.165) is 16.0 Å². The van der Waals surface area contributed by atoms with Gasteiger partial charge in [0.05, 0.1) is 12.3 Å². The Labute approximate surface area is 127 Å². The third-order valence-corrected chi connectivity index (χ3v) is 2.83. The molecule has 1 aromatic carbocycles. The van der Waals surface area contributed by atoms with Crippen molar-refractivity contribution in [1.29, 1.82) is 0 Å². The van der Waals surface area contributed by atoms with Gasteiger partial charge in [-0.25, -0.2) is 0 Å². The topological polar surface area (TPSA) is 72.3 Å². The van der Waals surface area contributed by atoms with Gasteiger partial charge in [0.1, 0.15) is 11.4 Å². The van der Waals surface area contributed by atoms with Crippen LogP contribution in [-0.4, -0.2) is 27.2 Å². The quantitative estimate of drug-likeness (QED) is 0.695. The van der Waals surface area contributed by atoms with Gasteiger partial charge in [0.2, 0.25) is 4.77 Å². The van der Waals surface area contributed by atoms with Crippen molar-refractivity contribution in [2.75, 3.05) is 0 Å². The highest BCUT2D eigenvalue weighted by Gasteiger charge is 2.01. The van der Waals surface area contributed by atoms with Gasteiger partial charge >= 0.3 is 0 Å². The van der Waals surface area contributed by atoms with Crippen LogP contribution in [0.5, 0.6) is 5.75 Å². The smallest absolute Gasteiger partial charge is 0.296 e. The van der Waals surface area contributed by atoms with Gasteiger partial charge in [-0.3, -0.25) is 9.89 Å². The Hall–Kier alpha value is -2.28. The van der Waals surface area contributed by atoms with Gasteiger partial charge in [-0.05, 0) is 50.7 Å². The van der Waals surface area contributed by atoms with Gasteiger partial charge in [-0.1, -0.05) is 12.1 Å². The van der Waals surface area contributed by atoms with E-state index in [0.29, 0.717) is 5.69 Å². The van der Waals surface area contributed by atoms with Gasteiger partial charge in [0.25, 0.3) is 5.56 Å². The van der Waals surface area contributed by atoms with Gasteiger partial charge in [-0.15, -0.1) is 0 Å². The third-order valence-electron chi connectivity index (χ3n) is 2.57. The van der Waals surface area contributed by atoms with E-state index in [1.54, 1.807) is 13.1 Å². The van der Waals surface area contributed by atoms with Crippen molar-refractivity contribution in [3.63, 3.8) is 0 Å². The predicted molar refractivity (Wildman–Crippen MR) is 83.6 cm³/mol. The molecule has 21 heavy (non-hydrogen) atoms. The maximum Gasteiger partial charge on any atom is 0.296 e. The van der Waals surface area contributed by atoms with Crippen LogP contribution in [0.15, 0.2) is 34.2 Å². The summed E-state index contributed by atoms with van der Waals surface area (Å²) < 4.78 is 6.86. The molecule has 0 bridgehead atoms. The van der Waals surface area contributed by atoms with E-state index in [1.807, 2.05) is 38.1 Å². The summed E-state index contributed by atoms with van der Waals surface area (Å²) in [6.07, 6.45) is 1.65. The molecule has 6 nitrogen and oxygen atoms in total. The van der Waals surface area contributed by atoms with E-state index >= 15 is 0 Å². The number of rotatable bonds is 4. The monoisotopic (exact) mass is 304 g/mol. The SMILES string of the molecule is Cc1n[nH]c(=S)n(/N=C/c2cccc(OC(C)C)c2)c1=O. The lowest BCUT2D eigenvalue weighted by atomic mass is 10.2. The summed E-state index contributed by atoms with van der Waals surface area (Å²) in [5.41, 5.74) is 0.770. The molecule has 2 aromatic rings. The number of hydrogen-bond acceptors (Lipinski definition) is 5. The Morgan fingerprint density at radius 3 is 2.95 bits per heavy atom. The van der Waals surface area contributed by atoms with Gasteiger partial charge < -0.3 is 4.74 Å². The molecule has 0 spiro atoms. The number of hydrogen-bond donors (Lipinski definition) is 1. The highest BCUT2D eigenvalue weighted by Crippen LogP contribution is 2.13. The van der Waals surface area contributed by atoms with Crippen molar-refractivity contribution in [2.24, 2.45) is 5.10 Å². The number of benzene rings is 1. The Kier molecular flexibility index (Phi) is 4.64. The number of aromatic nitrogens is 3. The van der Waals surface area contributed by atoms with Crippen LogP contribution in [0, 0.1) is 11.7 Å². The summed E-state index contributed by atoms with van der Waals surface area (Å²) in [5, 5.41) is 10.5. The Balaban J connectivity index is 2.32. The second-order valence-corrected chi connectivity index (χ2v) is 5.10. The molecule has 7 heteroatoms. The summed E-state index contributed by atoms with van der Waals surface area (Å²) in [6, 6.07) is 7.44. The molecule has 2 rings (SSSR count). The zero-order valence-electron chi connectivity index (χ0n) is 12.0. The summed E-state index contributed by atoms with van der Waals surface area (Å²) in [4.78, 5) is 11.9. The van der Waals surface area contributed by atoms with E-state index in [2.05, 4.69) is 15.3 Å². The van der Waals surface area contributed by atoms with Crippen molar-refractivity contribution < 1.29 is 4.74 Å². The van der Waals surface area contributed by atoms with Gasteiger partial charge in [-0.2, -0.15) is 14.9 Å². The molecule has 1 N–H and O–H groups in total. The summed E-state index contributed by atoms with van der Waals surface area (Å²) >= 11 is 5.00. The number of nitrogens with zero attached hydrogens (tertiary/aromatic N) is 3. The van der Waals surface area contributed by atoms with E-state index < -0.39 is 0 Å². The first kappa shape index (κ1) is 15.1. The zero-order chi connectivity index (χ0) is 15.4. The molecular weight excluding hydrogens is 288 g/mol. The largest absolute Gasteiger partial charge is 0.491 e. The number of H-pyrrole nitrogens is 1. The second kappa shape index (κ2) is 6.45. The lowest BCUT2D eigenvalue weighted by Crippen LogP contribution is -2.22. The molecule has 0 aliphatic carbocycles. The summed E-state index contributed by atoms with van der Waals surface area (Å²) in [7, 11) is 0. The van der Waals surface area contributed by atoms with Crippen molar-refractivity contribution in [2.45, 2.75) is 26.9 Å². The minimum atomic E-state index is -0.343. The lowest BCUT2D eigenvalue weighted by Gasteiger charge is -2.09. The van der Waals surface area contributed by atoms with Crippen LogP contribution in [0.25, 0.3) is 0 Å². The fraction of sp³-hybridized carbons (Fsp3) is 0.286. The molecule has 0 fully saturated rings. The van der Waals surface area contributed by atoms with E-state index in [-0.39, 0.29) is 16.4 Å². The van der Waals surface area contributed by atoms with E-state index in [4.69, 9.17) is 17.0 Å². The second-order valence-electron chi connectivity index (χ2n) is 4.71. The van der Waals surface area contributed by atoms with Crippen LogP contribution < -0.4 is 10.3 Å². The van der Waals surface area contributed by atoms with E-state index in [9.17, 15) is 4.79 Å². The van der Waals surface area contributed by atoms with E-state index in [1.165, 1.54) is 0 Å². The first-order valence-corrected chi connectivity index (χ1v) is 6.87. The van der Waals surface area contributed by atoms with Gasteiger partial charge in [0.15, 0.2) is 0 Å². The summed E-state index contributed by atoms with van der Waals surface area (Å²) in [6.45, 7) is 5.51. The molecule has 0 saturated carbocycles. The van der Waals surface area contributed by atoms with Crippen LogP contribution in [0.1, 0.15) is 25.1 Å². The fourth-order valence-electron chi connectivity index (χ4n) is 1.64. The Morgan fingerprint density at radius 2 is 2.24 bits per heavy atom. The van der Waals surface area contributed by atoms with Crippen LogP contribution in [-0.2, 0) is 0 Å². The highest BCUT2D eigenvalue weighted by molar-refractivity contribution is 7.71. The minimum Gasteiger partial charge on any atom is -0.491 e. The molecule has 0 aliphatic heterocycles. The standard InChI is InChI=1S/C14H16N4O2S/c1-9(2)20-12-6-4-5-11(7-12)8-15-18-13(19)10(3)16-17-14(18)21/h4-9H,1-3H3,(H,17,21)/b15-8+. The Morgan fingerprint density at radius 1 is 1.48 bits per heavy atom. The van der Waals surface area contributed by atoms with Gasteiger partial charge in [0, 0.05) is 0 Å². The number of aromatic amines is 1. The van der Waals surface area contributed by atoms with Crippen LogP contribution in [0.2, 0.25) is 0 Å². The van der Waals surface area contributed by atoms with Crippen molar-refractivity contribution in [3.05, 3.63) is 50.6 Å². The number of aryl methyl sites for hydroxylation is 1. The van der Waals surface area contributed by atoms with Crippen LogP contribution in [0.3, 0.4) is 0 Å². The highest BCUT2D eigenvalue weighted by atomic mass is 32.1. The first-order chi connectivity index (χ1) is 9.97. The molecule has 1 heterocycles. The van der Waals surface area contributed by atoms with Crippen LogP contribution >= 0.6 is 12.2 Å². The lowest BCUT2D eigenvalue weighted by molar-refractivity contribution is 0.242. The fourth-order valence-corrected chi connectivity index (χ4v) is 1.82. The molecule has 110 valence electrons. The predicted octanol–water partition coefficient (Wildman–Crippen LogP) is 2.28.